The lowest BCUT2D eigenvalue weighted by Gasteiger charge is -2.36. The van der Waals surface area contributed by atoms with E-state index in [2.05, 4.69) is 22.3 Å². The summed E-state index contributed by atoms with van der Waals surface area (Å²) in [5.41, 5.74) is 3.29. The molecule has 1 saturated heterocycles. The van der Waals surface area contributed by atoms with Gasteiger partial charge in [0.25, 0.3) is 11.8 Å². The Labute approximate surface area is 185 Å². The van der Waals surface area contributed by atoms with E-state index in [1.54, 1.807) is 12.1 Å². The van der Waals surface area contributed by atoms with E-state index in [1.165, 1.54) is 18.6 Å². The Morgan fingerprint density at radius 3 is 2.58 bits per heavy atom. The lowest BCUT2D eigenvalue weighted by Crippen LogP contribution is -2.34. The maximum atomic E-state index is 13.6. The lowest BCUT2D eigenvalue weighted by atomic mass is 9.87. The van der Waals surface area contributed by atoms with Gasteiger partial charge < -0.3 is 4.52 Å². The third-order valence-corrected chi connectivity index (χ3v) is 6.18. The van der Waals surface area contributed by atoms with Crippen molar-refractivity contribution in [2.24, 2.45) is 0 Å². The molecule has 1 N–H and O–H groups in total. The molecule has 0 spiro atoms. The molecule has 0 saturated carbocycles. The van der Waals surface area contributed by atoms with Gasteiger partial charge in [-0.1, -0.05) is 24.6 Å². The summed E-state index contributed by atoms with van der Waals surface area (Å²) in [6.07, 6.45) is 4.21. The molecule has 1 atom stereocenters. The zero-order valence-corrected chi connectivity index (χ0v) is 17.9. The van der Waals surface area contributed by atoms with Crippen molar-refractivity contribution in [2.45, 2.75) is 38.6 Å². The van der Waals surface area contributed by atoms with E-state index in [0.29, 0.717) is 27.8 Å². The van der Waals surface area contributed by atoms with Crippen LogP contribution in [0.25, 0.3) is 22.2 Å². The number of carbonyl (C=O) groups excluding carboxylic acids is 2. The first-order chi connectivity index (χ1) is 14.6. The minimum atomic E-state index is -0.399. The van der Waals surface area contributed by atoms with Crippen LogP contribution in [0.5, 0.6) is 0 Å². The van der Waals surface area contributed by atoms with Gasteiger partial charge in [0.2, 0.25) is 0 Å². The zero-order valence-electron chi connectivity index (χ0n) is 17.1. The van der Waals surface area contributed by atoms with Gasteiger partial charge in [0, 0.05) is 23.1 Å². The predicted octanol–water partition coefficient (Wildman–Crippen LogP) is 4.88. The van der Waals surface area contributed by atoms with Gasteiger partial charge in [-0.25, -0.2) is 4.39 Å². The topological polar surface area (TPSA) is 75.4 Å². The largest absolute Gasteiger partial charge is 0.356 e. The van der Waals surface area contributed by atoms with Crippen LogP contribution in [0.2, 0.25) is 0 Å². The molecular formula is C23H23ClFN3O3. The van der Waals surface area contributed by atoms with Crippen LogP contribution in [-0.2, 0) is 0 Å². The second kappa shape index (κ2) is 8.40. The molecule has 2 amide bonds. The van der Waals surface area contributed by atoms with Gasteiger partial charge in [-0.15, -0.1) is 12.4 Å². The van der Waals surface area contributed by atoms with E-state index >= 15 is 0 Å². The fraction of sp³-hybridized carbons (Fsp3) is 0.348. The quantitative estimate of drug-likeness (QED) is 0.582. The predicted molar refractivity (Wildman–Crippen MR) is 117 cm³/mol. The monoisotopic (exact) mass is 443 g/mol. The third kappa shape index (κ3) is 3.51. The van der Waals surface area contributed by atoms with Crippen molar-refractivity contribution in [3.63, 3.8) is 0 Å². The van der Waals surface area contributed by atoms with Crippen molar-refractivity contribution >= 4 is 35.2 Å². The molecule has 2 aliphatic rings. The first-order valence-electron chi connectivity index (χ1n) is 10.4. The SMILES string of the molecule is CCC(c1c(-c2noc3cc(F)ccc23)ccc2c1C(=O)NC2=O)N1CCCCC1.Cl. The van der Waals surface area contributed by atoms with Crippen molar-refractivity contribution in [1.29, 1.82) is 0 Å². The number of nitrogens with zero attached hydrogens (tertiary/aromatic N) is 2. The van der Waals surface area contributed by atoms with Gasteiger partial charge in [0.15, 0.2) is 5.58 Å². The minimum absolute atomic E-state index is 0. The van der Waals surface area contributed by atoms with Crippen LogP contribution in [-0.4, -0.2) is 35.0 Å². The van der Waals surface area contributed by atoms with Crippen LogP contribution < -0.4 is 5.32 Å². The molecular weight excluding hydrogens is 421 g/mol. The summed E-state index contributed by atoms with van der Waals surface area (Å²) in [6.45, 7) is 3.98. The normalized spacial score (nSPS) is 17.4. The lowest BCUT2D eigenvalue weighted by molar-refractivity contribution is 0.0878. The fourth-order valence-electron chi connectivity index (χ4n) is 4.82. The number of nitrogens with one attached hydrogen (secondary N) is 1. The average Bonchev–Trinajstić information content (AvgIpc) is 3.29. The number of likely N-dealkylation sites (tertiary alicyclic amines) is 1. The summed E-state index contributed by atoms with van der Waals surface area (Å²) in [6, 6.07) is 7.78. The molecule has 2 aromatic carbocycles. The number of imide groups is 1. The maximum absolute atomic E-state index is 13.6. The van der Waals surface area contributed by atoms with Crippen LogP contribution in [0.4, 0.5) is 4.39 Å². The third-order valence-electron chi connectivity index (χ3n) is 6.18. The maximum Gasteiger partial charge on any atom is 0.259 e. The van der Waals surface area contributed by atoms with Gasteiger partial charge in [0.1, 0.15) is 11.5 Å². The Kier molecular flexibility index (Phi) is 5.81. The number of hydrogen-bond donors (Lipinski definition) is 1. The number of amides is 2. The number of carbonyl (C=O) groups is 2. The van der Waals surface area contributed by atoms with Crippen molar-refractivity contribution in [3.8, 4) is 11.3 Å². The molecule has 8 heteroatoms. The van der Waals surface area contributed by atoms with E-state index < -0.39 is 5.82 Å². The summed E-state index contributed by atoms with van der Waals surface area (Å²) in [5, 5.41) is 7.33. The van der Waals surface area contributed by atoms with Crippen LogP contribution in [0.15, 0.2) is 34.9 Å². The molecule has 3 heterocycles. The second-order valence-corrected chi connectivity index (χ2v) is 7.92. The summed E-state index contributed by atoms with van der Waals surface area (Å²) in [5.74, 6) is -1.14. The molecule has 6 nitrogen and oxygen atoms in total. The average molecular weight is 444 g/mol. The summed E-state index contributed by atoms with van der Waals surface area (Å²) in [4.78, 5) is 27.5. The number of hydrogen-bond acceptors (Lipinski definition) is 5. The fourth-order valence-corrected chi connectivity index (χ4v) is 4.82. The number of fused-ring (bicyclic) bond motifs is 2. The van der Waals surface area contributed by atoms with E-state index in [1.807, 2.05) is 6.07 Å². The number of halogens is 2. The standard InChI is InChI=1S/C23H22FN3O3.ClH/c1-2-17(27-10-4-3-5-11-27)19-15(8-9-16-20(19)23(29)25-22(16)28)21-14-7-6-13(24)12-18(14)30-26-21;/h6-9,12,17H,2-5,10-11H2,1H3,(H,25,28,29);1H. The van der Waals surface area contributed by atoms with Crippen LogP contribution in [0.3, 0.4) is 0 Å². The number of aromatic nitrogens is 1. The summed E-state index contributed by atoms with van der Waals surface area (Å²) < 4.78 is 19.0. The molecule has 31 heavy (non-hydrogen) atoms. The molecule has 0 radical (unpaired) electrons. The van der Waals surface area contributed by atoms with E-state index in [0.717, 1.165) is 43.5 Å². The minimum Gasteiger partial charge on any atom is -0.356 e. The summed E-state index contributed by atoms with van der Waals surface area (Å²) >= 11 is 0. The molecule has 162 valence electrons. The molecule has 5 rings (SSSR count). The van der Waals surface area contributed by atoms with Gasteiger partial charge in [-0.3, -0.25) is 19.8 Å². The van der Waals surface area contributed by atoms with Gasteiger partial charge >= 0.3 is 0 Å². The highest BCUT2D eigenvalue weighted by atomic mass is 35.5. The highest BCUT2D eigenvalue weighted by Gasteiger charge is 2.36. The molecule has 1 fully saturated rings. The van der Waals surface area contributed by atoms with E-state index in [9.17, 15) is 14.0 Å². The van der Waals surface area contributed by atoms with Crippen molar-refractivity contribution in [3.05, 3.63) is 52.8 Å². The highest BCUT2D eigenvalue weighted by Crippen LogP contribution is 2.41. The zero-order chi connectivity index (χ0) is 20.8. The van der Waals surface area contributed by atoms with Crippen LogP contribution in [0.1, 0.15) is 64.9 Å². The van der Waals surface area contributed by atoms with Crippen LogP contribution in [0, 0.1) is 5.82 Å². The van der Waals surface area contributed by atoms with Gasteiger partial charge in [-0.2, -0.15) is 0 Å². The van der Waals surface area contributed by atoms with Crippen molar-refractivity contribution < 1.29 is 18.5 Å². The highest BCUT2D eigenvalue weighted by molar-refractivity contribution is 6.23. The Bertz CT molecular complexity index is 1170. The Balaban J connectivity index is 0.00000231. The van der Waals surface area contributed by atoms with Crippen LogP contribution >= 0.6 is 12.4 Å². The number of rotatable bonds is 4. The van der Waals surface area contributed by atoms with Gasteiger partial charge in [0.05, 0.1) is 11.1 Å². The molecule has 3 aromatic rings. The Hall–Kier alpha value is -2.77. The van der Waals surface area contributed by atoms with E-state index in [4.69, 9.17) is 4.52 Å². The first kappa shape index (κ1) is 21.5. The Morgan fingerprint density at radius 1 is 1.10 bits per heavy atom. The molecule has 0 bridgehead atoms. The molecule has 2 aliphatic heterocycles. The van der Waals surface area contributed by atoms with Crippen molar-refractivity contribution in [2.75, 3.05) is 13.1 Å². The van der Waals surface area contributed by atoms with Crippen molar-refractivity contribution in [1.82, 2.24) is 15.4 Å². The first-order valence-corrected chi connectivity index (χ1v) is 10.4. The van der Waals surface area contributed by atoms with E-state index in [-0.39, 0.29) is 30.3 Å². The second-order valence-electron chi connectivity index (χ2n) is 7.92. The number of benzene rings is 2. The smallest absolute Gasteiger partial charge is 0.259 e. The van der Waals surface area contributed by atoms with Gasteiger partial charge in [-0.05, 0) is 56.1 Å². The number of piperidine rings is 1. The Morgan fingerprint density at radius 2 is 1.84 bits per heavy atom. The molecule has 1 unspecified atom stereocenters. The molecule has 0 aliphatic carbocycles. The summed E-state index contributed by atoms with van der Waals surface area (Å²) in [7, 11) is 0. The molecule has 1 aromatic heterocycles.